The fraction of sp³-hybridized carbons (Fsp3) is 0.0323. The summed E-state index contributed by atoms with van der Waals surface area (Å²) in [6.07, 6.45) is -3.04. The molecule has 1 aliphatic carbocycles. The Bertz CT molecular complexity index is 5170. The van der Waals surface area contributed by atoms with Gasteiger partial charge in [0.15, 0.2) is 169 Å². The molecule has 0 heterocycles. The van der Waals surface area contributed by atoms with Gasteiger partial charge in [-0.25, -0.2) is 180 Å². The summed E-state index contributed by atoms with van der Waals surface area (Å²) in [6, 6.07) is 0. The van der Waals surface area contributed by atoms with Crippen LogP contribution >= 0.6 is 0 Å². The first kappa shape index (κ1) is 75.0. The maximum atomic E-state index is 18.1. The lowest BCUT2D eigenvalue weighted by atomic mass is 9.84. The predicted molar refractivity (Wildman–Crippen MR) is 264 cm³/mol. The summed E-state index contributed by atoms with van der Waals surface area (Å²) in [5.41, 5.74) is -64.3. The van der Waals surface area contributed by atoms with Gasteiger partial charge in [0, 0.05) is 17.6 Å². The molecule has 0 fully saturated rings. The Kier molecular flexibility index (Phi) is 18.7. The highest BCUT2D eigenvalue weighted by Crippen LogP contribution is 2.55. The SMILES string of the molecule is CC1=C(c2c(F)c(F)c(F)c(F)c2F)C(F)=C(F)CC(c2c(F)c(-c3c(F)c(F)c(-c4c(F)c(F)c(F)c(F)c4F)c(F)c3F)c(F)c(-c3c(F)c(-c4c(F)c(F)c(-c5c(F)c(F)c(F)c(F)c5F)c(F)c4F)c(F)c(-c4c(F)c(F)c(-c5c(F)c(F)c(F)c(F)c5F)c(F)c4F)c3F)c2F)=C1F. The third-order valence-corrected chi connectivity index (χ3v) is 15.3. The van der Waals surface area contributed by atoms with E-state index in [1.807, 2.05) is 0 Å². The van der Waals surface area contributed by atoms with Crippen molar-refractivity contribution < 1.29 is 180 Å². The van der Waals surface area contributed by atoms with Crippen molar-refractivity contribution >= 4 is 11.1 Å². The molecule has 9 aromatic rings. The van der Waals surface area contributed by atoms with Crippen LogP contribution in [0, 0.1) is 221 Å². The summed E-state index contributed by atoms with van der Waals surface area (Å²) < 4.78 is 648. The smallest absolute Gasteiger partial charge is 0.200 e. The molecule has 0 bridgehead atoms. The minimum absolute atomic E-state index is 0.293. The fourth-order valence-corrected chi connectivity index (χ4v) is 10.6. The van der Waals surface area contributed by atoms with E-state index in [0.717, 1.165) is 0 Å². The third kappa shape index (κ3) is 10.4. The molecule has 0 unspecified atom stereocenters. The van der Waals surface area contributed by atoms with Crippen molar-refractivity contribution in [2.24, 2.45) is 0 Å². The Balaban J connectivity index is 1.47. The highest BCUT2D eigenvalue weighted by Gasteiger charge is 2.46. The summed E-state index contributed by atoms with van der Waals surface area (Å²) in [4.78, 5) is 0. The zero-order valence-corrected chi connectivity index (χ0v) is 47.2. The van der Waals surface area contributed by atoms with Crippen LogP contribution in [0.5, 0.6) is 0 Å². The molecular weight excluding hydrogens is 1520 g/mol. The Morgan fingerprint density at radius 2 is 0.262 bits per heavy atom. The minimum atomic E-state index is -4.21. The molecule has 0 spiro atoms. The standard InChI is InChI=1S/C62H5F41/c1-3-6(8-43(84)51(92)59(100)52(93)44(8)85)24(65)5(63)2-4(23(3)64)7-25(66)9(27(68)11(26(7)67)14-31(72)37(78)17(38(79)32(14)73)20-45(86)53(94)60(101)54(95)46(20)87)10-28(69)12(15-33(74)39(80)18(40(81)34(15)75)21-47(88)55(96)61(102)56(97)48(21)89)30(71)13(29(10)70)16-35(76)41(82)19(42(83)36(16)77)22-49(90)57(98)62(103)58(99)50(22)91/h2H2,1H3. The van der Waals surface area contributed by atoms with E-state index in [9.17, 15) is 52.7 Å². The largest absolute Gasteiger partial charge is 0.208 e. The average molecular weight is 1530 g/mol. The van der Waals surface area contributed by atoms with E-state index in [0.29, 0.717) is 0 Å². The van der Waals surface area contributed by atoms with Gasteiger partial charge >= 0.3 is 0 Å². The van der Waals surface area contributed by atoms with E-state index in [2.05, 4.69) is 0 Å². The van der Waals surface area contributed by atoms with Gasteiger partial charge in [0.2, 0.25) is 23.3 Å². The Hall–Kier alpha value is -10.7. The second-order valence-electron chi connectivity index (χ2n) is 20.6. The second kappa shape index (κ2) is 25.7. The number of benzene rings is 9. The monoisotopic (exact) mass is 1530 g/mol. The first-order valence-electron chi connectivity index (χ1n) is 26.0. The van der Waals surface area contributed by atoms with Crippen molar-refractivity contribution in [1.29, 1.82) is 0 Å². The van der Waals surface area contributed by atoms with E-state index in [1.165, 1.54) is 0 Å². The van der Waals surface area contributed by atoms with Crippen LogP contribution in [0.3, 0.4) is 0 Å². The number of hydrogen-bond donors (Lipinski definition) is 0. The number of hydrogen-bond acceptors (Lipinski definition) is 0. The topological polar surface area (TPSA) is 0 Å². The van der Waals surface area contributed by atoms with Crippen LogP contribution in [0.1, 0.15) is 24.5 Å². The molecule has 0 amide bonds. The van der Waals surface area contributed by atoms with Gasteiger partial charge in [-0.15, -0.1) is 0 Å². The van der Waals surface area contributed by atoms with Gasteiger partial charge in [0.05, 0.1) is 89.0 Å². The molecule has 0 nitrogen and oxygen atoms in total. The molecule has 0 saturated carbocycles. The summed E-state index contributed by atoms with van der Waals surface area (Å²) >= 11 is 0. The van der Waals surface area contributed by atoms with Crippen molar-refractivity contribution in [1.82, 2.24) is 0 Å². The molecule has 1 aliphatic rings. The summed E-state index contributed by atoms with van der Waals surface area (Å²) in [5, 5.41) is 0. The van der Waals surface area contributed by atoms with Gasteiger partial charge in [-0.1, -0.05) is 0 Å². The van der Waals surface area contributed by atoms with Crippen LogP contribution < -0.4 is 0 Å². The zero-order chi connectivity index (χ0) is 77.3. The molecule has 0 N–H and O–H groups in total. The van der Waals surface area contributed by atoms with Crippen LogP contribution in [0.25, 0.3) is 89.0 Å². The third-order valence-electron chi connectivity index (χ3n) is 15.3. The summed E-state index contributed by atoms with van der Waals surface area (Å²) in [5.74, 6) is -149. The molecule has 0 aromatic heterocycles. The molecule has 103 heavy (non-hydrogen) atoms. The second-order valence-corrected chi connectivity index (χ2v) is 20.6. The molecule has 41 heteroatoms. The average Bonchev–Trinajstić information content (AvgIpc) is 1.03. The summed E-state index contributed by atoms with van der Waals surface area (Å²) in [7, 11) is 0. The molecular formula is C62H5F41. The van der Waals surface area contributed by atoms with Crippen molar-refractivity contribution in [2.45, 2.75) is 13.3 Å². The zero-order valence-electron chi connectivity index (χ0n) is 47.2. The Labute approximate surface area is 537 Å². The van der Waals surface area contributed by atoms with Crippen molar-refractivity contribution in [3.63, 3.8) is 0 Å². The van der Waals surface area contributed by atoms with E-state index >= 15 is 127 Å². The van der Waals surface area contributed by atoms with Crippen LogP contribution in [0.15, 0.2) is 23.1 Å². The van der Waals surface area contributed by atoms with Gasteiger partial charge in [0.25, 0.3) is 0 Å². The van der Waals surface area contributed by atoms with Crippen LogP contribution in [-0.4, -0.2) is 0 Å². The van der Waals surface area contributed by atoms with Crippen molar-refractivity contribution in [3.05, 3.63) is 255 Å². The lowest BCUT2D eigenvalue weighted by Gasteiger charge is -2.23. The predicted octanol–water partition coefficient (Wildman–Crippen LogP) is 23.4. The lowest BCUT2D eigenvalue weighted by molar-refractivity contribution is 0.375. The normalized spacial score (nSPS) is 13.0. The fourth-order valence-electron chi connectivity index (χ4n) is 10.6. The van der Waals surface area contributed by atoms with Gasteiger partial charge in [-0.05, 0) is 12.5 Å². The summed E-state index contributed by atoms with van der Waals surface area (Å²) in [6.45, 7) is -0.293. The number of rotatable bonds is 9. The van der Waals surface area contributed by atoms with E-state index in [1.54, 1.807) is 0 Å². The van der Waals surface area contributed by atoms with Crippen molar-refractivity contribution in [3.8, 4) is 77.9 Å². The van der Waals surface area contributed by atoms with E-state index < -0.39 is 351 Å². The Morgan fingerprint density at radius 3 is 0.437 bits per heavy atom. The van der Waals surface area contributed by atoms with Gasteiger partial charge in [-0.3, -0.25) is 0 Å². The van der Waals surface area contributed by atoms with Crippen LogP contribution in [0.2, 0.25) is 0 Å². The van der Waals surface area contributed by atoms with Crippen LogP contribution in [0.4, 0.5) is 180 Å². The number of allylic oxidation sites excluding steroid dienone is 6. The molecule has 0 aliphatic heterocycles. The molecule has 0 atom stereocenters. The highest BCUT2D eigenvalue weighted by atomic mass is 19.2. The van der Waals surface area contributed by atoms with Gasteiger partial charge in [0.1, 0.15) is 46.6 Å². The lowest BCUT2D eigenvalue weighted by Crippen LogP contribution is -2.15. The van der Waals surface area contributed by atoms with Crippen LogP contribution in [-0.2, 0) is 0 Å². The van der Waals surface area contributed by atoms with Gasteiger partial charge < -0.3 is 0 Å². The Morgan fingerprint density at radius 1 is 0.136 bits per heavy atom. The molecule has 0 saturated heterocycles. The highest BCUT2D eigenvalue weighted by molar-refractivity contribution is 5.94. The van der Waals surface area contributed by atoms with E-state index in [4.69, 9.17) is 0 Å². The minimum Gasteiger partial charge on any atom is -0.208 e. The molecule has 0 radical (unpaired) electrons. The molecule has 10 rings (SSSR count). The first-order valence-corrected chi connectivity index (χ1v) is 26.0. The van der Waals surface area contributed by atoms with Crippen molar-refractivity contribution in [2.75, 3.05) is 0 Å². The molecule has 540 valence electrons. The maximum absolute atomic E-state index is 18.1. The van der Waals surface area contributed by atoms with Gasteiger partial charge in [-0.2, -0.15) is 0 Å². The number of halogens is 41. The first-order chi connectivity index (χ1) is 47.7. The quantitative estimate of drug-likeness (QED) is 0.0768. The molecule has 9 aromatic carbocycles. The maximum Gasteiger partial charge on any atom is 0.200 e. The van der Waals surface area contributed by atoms with E-state index in [-0.39, 0.29) is 6.92 Å².